The van der Waals surface area contributed by atoms with Gasteiger partial charge in [0.2, 0.25) is 0 Å². The topological polar surface area (TPSA) is 21.3 Å². The zero-order chi connectivity index (χ0) is 13.9. The van der Waals surface area contributed by atoms with Gasteiger partial charge in [0, 0.05) is 0 Å². The van der Waals surface area contributed by atoms with Crippen LogP contribution >= 0.6 is 11.8 Å². The molecule has 0 amide bonds. The molecule has 3 heteroatoms. The summed E-state index contributed by atoms with van der Waals surface area (Å²) in [5.74, 6) is 4.19. The number of thioether (sulfide) groups is 1. The van der Waals surface area contributed by atoms with Crippen LogP contribution in [-0.4, -0.2) is 32.2 Å². The molecule has 0 aliphatic rings. The summed E-state index contributed by atoms with van der Waals surface area (Å²) in [5, 5.41) is 3.32. The van der Waals surface area contributed by atoms with Gasteiger partial charge >= 0.3 is 0 Å². The molecule has 0 saturated carbocycles. The lowest BCUT2D eigenvalue weighted by molar-refractivity contribution is 0.414. The van der Waals surface area contributed by atoms with Crippen LogP contribution in [0.5, 0.6) is 5.75 Å². The van der Waals surface area contributed by atoms with E-state index in [9.17, 15) is 0 Å². The first-order chi connectivity index (χ1) is 9.30. The number of rotatable bonds is 10. The van der Waals surface area contributed by atoms with Crippen LogP contribution in [0, 0.1) is 5.92 Å². The molecule has 0 aromatic heterocycles. The van der Waals surface area contributed by atoms with Crippen molar-refractivity contribution < 1.29 is 4.74 Å². The number of hydrogen-bond donors (Lipinski definition) is 1. The Balaban J connectivity index is 2.42. The van der Waals surface area contributed by atoms with Crippen molar-refractivity contribution in [3.63, 3.8) is 0 Å². The van der Waals surface area contributed by atoms with E-state index in [2.05, 4.69) is 36.5 Å². The maximum Gasteiger partial charge on any atom is 0.118 e. The highest BCUT2D eigenvalue weighted by Crippen LogP contribution is 2.18. The molecular weight excluding hydrogens is 254 g/mol. The predicted octanol–water partition coefficient (Wildman–Crippen LogP) is 3.61. The summed E-state index contributed by atoms with van der Waals surface area (Å²) in [4.78, 5) is 0. The summed E-state index contributed by atoms with van der Waals surface area (Å²) >= 11 is 2.04. The maximum atomic E-state index is 5.20. The van der Waals surface area contributed by atoms with Crippen LogP contribution in [0.1, 0.15) is 25.3 Å². The Labute approximate surface area is 122 Å². The van der Waals surface area contributed by atoms with Crippen LogP contribution in [0.15, 0.2) is 24.3 Å². The lowest BCUT2D eigenvalue weighted by Gasteiger charge is -2.16. The molecule has 1 atom stereocenters. The van der Waals surface area contributed by atoms with E-state index in [0.717, 1.165) is 24.6 Å². The standard InChI is InChI=1S/C16H27NOS/c1-4-19-11-5-6-15(13-17-2)12-14-7-9-16(18-3)10-8-14/h7-10,15,17H,4-6,11-13H2,1-3H3. The molecule has 1 unspecified atom stereocenters. The lowest BCUT2D eigenvalue weighted by atomic mass is 9.95. The Bertz CT molecular complexity index is 326. The first-order valence-corrected chi connectivity index (χ1v) is 8.30. The van der Waals surface area contributed by atoms with Gasteiger partial charge in [-0.25, -0.2) is 0 Å². The third-order valence-corrected chi connectivity index (χ3v) is 4.27. The zero-order valence-electron chi connectivity index (χ0n) is 12.4. The maximum absolute atomic E-state index is 5.20. The second-order valence-corrected chi connectivity index (χ2v) is 6.21. The van der Waals surface area contributed by atoms with E-state index in [1.54, 1.807) is 7.11 Å². The minimum Gasteiger partial charge on any atom is -0.497 e. The molecular formula is C16H27NOS. The van der Waals surface area contributed by atoms with Gasteiger partial charge in [-0.2, -0.15) is 11.8 Å². The highest BCUT2D eigenvalue weighted by molar-refractivity contribution is 7.99. The van der Waals surface area contributed by atoms with Crippen LogP contribution < -0.4 is 10.1 Å². The summed E-state index contributed by atoms with van der Waals surface area (Å²) in [6.45, 7) is 3.33. The van der Waals surface area contributed by atoms with Gasteiger partial charge in [0.05, 0.1) is 7.11 Å². The normalized spacial score (nSPS) is 12.4. The highest BCUT2D eigenvalue weighted by atomic mass is 32.2. The Morgan fingerprint density at radius 1 is 1.26 bits per heavy atom. The quantitative estimate of drug-likeness (QED) is 0.662. The monoisotopic (exact) mass is 281 g/mol. The first kappa shape index (κ1) is 16.4. The van der Waals surface area contributed by atoms with E-state index < -0.39 is 0 Å². The van der Waals surface area contributed by atoms with Gasteiger partial charge in [-0.15, -0.1) is 0 Å². The summed E-state index contributed by atoms with van der Waals surface area (Å²) < 4.78 is 5.20. The van der Waals surface area contributed by atoms with Gasteiger partial charge in [-0.1, -0.05) is 19.1 Å². The summed E-state index contributed by atoms with van der Waals surface area (Å²) in [6.07, 6.45) is 3.78. The SMILES string of the molecule is CCSCCCC(CNC)Cc1ccc(OC)cc1. The molecule has 0 spiro atoms. The van der Waals surface area contributed by atoms with Crippen molar-refractivity contribution >= 4 is 11.8 Å². The van der Waals surface area contributed by atoms with E-state index in [-0.39, 0.29) is 0 Å². The Kier molecular flexibility index (Phi) is 8.76. The molecule has 1 aromatic carbocycles. The second-order valence-electron chi connectivity index (χ2n) is 4.82. The van der Waals surface area contributed by atoms with Crippen molar-refractivity contribution in [3.8, 4) is 5.75 Å². The minimum absolute atomic E-state index is 0.732. The molecule has 0 fully saturated rings. The molecule has 0 bridgehead atoms. The Hall–Kier alpha value is -0.670. The smallest absolute Gasteiger partial charge is 0.118 e. The molecule has 108 valence electrons. The highest BCUT2D eigenvalue weighted by Gasteiger charge is 2.09. The van der Waals surface area contributed by atoms with Crippen LogP contribution in [0.2, 0.25) is 0 Å². The Morgan fingerprint density at radius 3 is 2.58 bits per heavy atom. The van der Waals surface area contributed by atoms with Crippen molar-refractivity contribution in [2.24, 2.45) is 5.92 Å². The average Bonchev–Trinajstić information content (AvgIpc) is 2.44. The van der Waals surface area contributed by atoms with Gasteiger partial charge in [-0.3, -0.25) is 0 Å². The van der Waals surface area contributed by atoms with E-state index in [4.69, 9.17) is 4.74 Å². The van der Waals surface area contributed by atoms with E-state index in [1.807, 2.05) is 18.8 Å². The van der Waals surface area contributed by atoms with Crippen molar-refractivity contribution in [1.29, 1.82) is 0 Å². The van der Waals surface area contributed by atoms with Gasteiger partial charge in [0.1, 0.15) is 5.75 Å². The molecule has 19 heavy (non-hydrogen) atoms. The Morgan fingerprint density at radius 2 is 2.00 bits per heavy atom. The van der Waals surface area contributed by atoms with E-state index in [1.165, 1.54) is 29.9 Å². The number of benzene rings is 1. The molecule has 1 rings (SSSR count). The van der Waals surface area contributed by atoms with Crippen LogP contribution in [0.4, 0.5) is 0 Å². The van der Waals surface area contributed by atoms with Gasteiger partial charge in [0.15, 0.2) is 0 Å². The molecule has 0 aliphatic carbocycles. The van der Waals surface area contributed by atoms with Crippen molar-refractivity contribution in [3.05, 3.63) is 29.8 Å². The largest absolute Gasteiger partial charge is 0.497 e. The summed E-state index contributed by atoms with van der Waals surface area (Å²) in [6, 6.07) is 8.47. The fourth-order valence-corrected chi connectivity index (χ4v) is 2.94. The van der Waals surface area contributed by atoms with Crippen molar-refractivity contribution in [2.45, 2.75) is 26.2 Å². The zero-order valence-corrected chi connectivity index (χ0v) is 13.3. The second kappa shape index (κ2) is 10.2. The molecule has 0 aliphatic heterocycles. The molecule has 0 radical (unpaired) electrons. The first-order valence-electron chi connectivity index (χ1n) is 7.15. The summed E-state index contributed by atoms with van der Waals surface area (Å²) in [7, 11) is 3.76. The number of methoxy groups -OCH3 is 1. The average molecular weight is 281 g/mol. The lowest BCUT2D eigenvalue weighted by Crippen LogP contribution is -2.21. The molecule has 1 N–H and O–H groups in total. The molecule has 0 saturated heterocycles. The number of nitrogens with one attached hydrogen (secondary N) is 1. The fraction of sp³-hybridized carbons (Fsp3) is 0.625. The van der Waals surface area contributed by atoms with Gasteiger partial charge in [0.25, 0.3) is 0 Å². The van der Waals surface area contributed by atoms with Crippen LogP contribution in [-0.2, 0) is 6.42 Å². The molecule has 1 aromatic rings. The van der Waals surface area contributed by atoms with Gasteiger partial charge in [-0.05, 0) is 68.0 Å². The van der Waals surface area contributed by atoms with E-state index in [0.29, 0.717) is 0 Å². The van der Waals surface area contributed by atoms with Crippen molar-refractivity contribution in [2.75, 3.05) is 32.2 Å². The number of hydrogen-bond acceptors (Lipinski definition) is 3. The summed E-state index contributed by atoms with van der Waals surface area (Å²) in [5.41, 5.74) is 1.41. The van der Waals surface area contributed by atoms with Crippen molar-refractivity contribution in [1.82, 2.24) is 5.32 Å². The number of ether oxygens (including phenoxy) is 1. The molecule has 0 heterocycles. The fourth-order valence-electron chi connectivity index (χ4n) is 2.28. The minimum atomic E-state index is 0.732. The predicted molar refractivity (Wildman–Crippen MR) is 86.3 cm³/mol. The van der Waals surface area contributed by atoms with E-state index >= 15 is 0 Å². The van der Waals surface area contributed by atoms with Crippen LogP contribution in [0.25, 0.3) is 0 Å². The third-order valence-electron chi connectivity index (χ3n) is 3.28. The molecule has 2 nitrogen and oxygen atoms in total. The van der Waals surface area contributed by atoms with Crippen LogP contribution in [0.3, 0.4) is 0 Å². The van der Waals surface area contributed by atoms with Gasteiger partial charge < -0.3 is 10.1 Å². The third kappa shape index (κ3) is 6.88.